The minimum absolute atomic E-state index is 0.0126. The van der Waals surface area contributed by atoms with Crippen molar-refractivity contribution < 1.29 is 13.2 Å². The van der Waals surface area contributed by atoms with Crippen molar-refractivity contribution >= 4 is 37.4 Å². The average Bonchev–Trinajstić information content (AvgIpc) is 2.27. The van der Waals surface area contributed by atoms with Crippen molar-refractivity contribution in [3.05, 3.63) is 22.7 Å². The van der Waals surface area contributed by atoms with E-state index in [1.54, 1.807) is 6.07 Å². The second kappa shape index (κ2) is 6.91. The molecule has 0 aromatic heterocycles. The van der Waals surface area contributed by atoms with E-state index in [0.717, 1.165) is 12.8 Å². The van der Waals surface area contributed by atoms with E-state index in [1.165, 1.54) is 12.1 Å². The number of rotatable bonds is 6. The van der Waals surface area contributed by atoms with Crippen molar-refractivity contribution in [3.8, 4) is 0 Å². The summed E-state index contributed by atoms with van der Waals surface area (Å²) in [6.07, 6.45) is 1.76. The van der Waals surface area contributed by atoms with Crippen molar-refractivity contribution in [1.82, 2.24) is 5.32 Å². The highest BCUT2D eigenvalue weighted by Crippen LogP contribution is 2.23. The smallest absolute Gasteiger partial charge is 0.235 e. The minimum Gasteiger partial charge on any atom is -0.398 e. The Kier molecular flexibility index (Phi) is 5.81. The maximum atomic E-state index is 12.1. The van der Waals surface area contributed by atoms with Crippen molar-refractivity contribution in [2.75, 3.05) is 18.0 Å². The third-order valence-corrected chi connectivity index (χ3v) is 4.66. The molecule has 0 bridgehead atoms. The van der Waals surface area contributed by atoms with E-state index in [2.05, 4.69) is 21.2 Å². The van der Waals surface area contributed by atoms with Gasteiger partial charge in [-0.25, -0.2) is 8.42 Å². The molecule has 0 spiro atoms. The Labute approximate surface area is 121 Å². The lowest BCUT2D eigenvalue weighted by molar-refractivity contribution is -0.118. The van der Waals surface area contributed by atoms with E-state index < -0.39 is 21.5 Å². The molecule has 0 aliphatic rings. The van der Waals surface area contributed by atoms with Crippen LogP contribution in [0.1, 0.15) is 19.8 Å². The fraction of sp³-hybridized carbons (Fsp3) is 0.417. The van der Waals surface area contributed by atoms with Gasteiger partial charge in [0.25, 0.3) is 0 Å². The second-order valence-corrected chi connectivity index (χ2v) is 7.02. The Hall–Kier alpha value is -1.08. The normalized spacial score (nSPS) is 11.3. The van der Waals surface area contributed by atoms with Gasteiger partial charge in [-0.05, 0) is 24.6 Å². The summed E-state index contributed by atoms with van der Waals surface area (Å²) in [7, 11) is -3.70. The first-order valence-electron chi connectivity index (χ1n) is 5.91. The Bertz CT molecular complexity index is 558. The van der Waals surface area contributed by atoms with Crippen LogP contribution >= 0.6 is 15.9 Å². The van der Waals surface area contributed by atoms with Gasteiger partial charge >= 0.3 is 0 Å². The number of sulfone groups is 1. The quantitative estimate of drug-likeness (QED) is 0.605. The molecule has 1 rings (SSSR count). The third-order valence-electron chi connectivity index (χ3n) is 2.48. The molecule has 0 aliphatic heterocycles. The molecule has 106 valence electrons. The largest absolute Gasteiger partial charge is 0.398 e. The number of nitrogens with one attached hydrogen (secondary N) is 1. The Morgan fingerprint density at radius 1 is 1.42 bits per heavy atom. The number of amides is 1. The fourth-order valence-electron chi connectivity index (χ4n) is 1.51. The van der Waals surface area contributed by atoms with E-state index >= 15 is 0 Å². The van der Waals surface area contributed by atoms with Crippen LogP contribution in [0.4, 0.5) is 5.69 Å². The molecule has 0 atom stereocenters. The standard InChI is InChI=1S/C12H17BrN2O3S/c1-2-3-6-15-12(16)8-19(17,18)11-5-4-9(13)7-10(11)14/h4-5,7H,2-3,6,8,14H2,1H3,(H,15,16). The highest BCUT2D eigenvalue weighted by atomic mass is 79.9. The summed E-state index contributed by atoms with van der Waals surface area (Å²) in [4.78, 5) is 11.5. The minimum atomic E-state index is -3.70. The molecular formula is C12H17BrN2O3S. The zero-order valence-electron chi connectivity index (χ0n) is 10.6. The monoisotopic (exact) mass is 348 g/mol. The number of unbranched alkanes of at least 4 members (excludes halogenated alkanes) is 1. The van der Waals surface area contributed by atoms with Gasteiger partial charge in [0.2, 0.25) is 5.91 Å². The van der Waals surface area contributed by atoms with Crippen molar-refractivity contribution in [2.45, 2.75) is 24.7 Å². The number of halogens is 1. The summed E-state index contributed by atoms with van der Waals surface area (Å²) in [6.45, 7) is 2.48. The van der Waals surface area contributed by atoms with Crippen LogP contribution in [0.5, 0.6) is 0 Å². The second-order valence-electron chi connectivity index (χ2n) is 4.14. The van der Waals surface area contributed by atoms with Gasteiger partial charge in [-0.15, -0.1) is 0 Å². The van der Waals surface area contributed by atoms with Crippen molar-refractivity contribution in [2.24, 2.45) is 0 Å². The van der Waals surface area contributed by atoms with Crippen molar-refractivity contribution in [1.29, 1.82) is 0 Å². The molecular weight excluding hydrogens is 332 g/mol. The summed E-state index contributed by atoms with van der Waals surface area (Å²) in [5.41, 5.74) is 5.80. The zero-order chi connectivity index (χ0) is 14.5. The number of carbonyl (C=O) groups excluding carboxylic acids is 1. The van der Waals surface area contributed by atoms with Gasteiger partial charge in [-0.2, -0.15) is 0 Å². The first-order valence-corrected chi connectivity index (χ1v) is 8.36. The number of nitrogen functional groups attached to an aromatic ring is 1. The zero-order valence-corrected chi connectivity index (χ0v) is 13.1. The topological polar surface area (TPSA) is 89.3 Å². The predicted octanol–water partition coefficient (Wildman–Crippen LogP) is 1.72. The number of carbonyl (C=O) groups is 1. The maximum Gasteiger partial charge on any atom is 0.235 e. The summed E-state index contributed by atoms with van der Waals surface area (Å²) in [5.74, 6) is -1.08. The van der Waals surface area contributed by atoms with Gasteiger partial charge in [0.1, 0.15) is 5.75 Å². The van der Waals surface area contributed by atoms with E-state index in [4.69, 9.17) is 5.73 Å². The molecule has 5 nitrogen and oxygen atoms in total. The first kappa shape index (κ1) is 16.0. The number of hydrogen-bond acceptors (Lipinski definition) is 4. The molecule has 0 aliphatic carbocycles. The number of hydrogen-bond donors (Lipinski definition) is 2. The SMILES string of the molecule is CCCCNC(=O)CS(=O)(=O)c1ccc(Br)cc1N. The van der Waals surface area contributed by atoms with Gasteiger partial charge in [0.05, 0.1) is 10.6 Å². The van der Waals surface area contributed by atoms with Crippen LogP contribution in [0, 0.1) is 0 Å². The highest BCUT2D eigenvalue weighted by molar-refractivity contribution is 9.10. The molecule has 3 N–H and O–H groups in total. The average molecular weight is 349 g/mol. The summed E-state index contributed by atoms with van der Waals surface area (Å²) >= 11 is 3.20. The number of benzene rings is 1. The van der Waals surface area contributed by atoms with E-state index in [0.29, 0.717) is 11.0 Å². The molecule has 0 fully saturated rings. The highest BCUT2D eigenvalue weighted by Gasteiger charge is 2.21. The third kappa shape index (κ3) is 4.83. The number of anilines is 1. The lowest BCUT2D eigenvalue weighted by atomic mass is 10.3. The maximum absolute atomic E-state index is 12.1. The first-order chi connectivity index (χ1) is 8.86. The Morgan fingerprint density at radius 3 is 2.68 bits per heavy atom. The summed E-state index contributed by atoms with van der Waals surface area (Å²) in [6, 6.07) is 4.48. The molecule has 1 aromatic carbocycles. The van der Waals surface area contributed by atoms with E-state index in [-0.39, 0.29) is 10.6 Å². The molecule has 19 heavy (non-hydrogen) atoms. The van der Waals surface area contributed by atoms with E-state index in [9.17, 15) is 13.2 Å². The van der Waals surface area contributed by atoms with Gasteiger partial charge in [-0.1, -0.05) is 29.3 Å². The molecule has 7 heteroatoms. The van der Waals surface area contributed by atoms with Crippen LogP contribution in [0.15, 0.2) is 27.6 Å². The van der Waals surface area contributed by atoms with E-state index in [1.807, 2.05) is 6.92 Å². The van der Waals surface area contributed by atoms with Crippen LogP contribution in [0.25, 0.3) is 0 Å². The van der Waals surface area contributed by atoms with Crippen LogP contribution < -0.4 is 11.1 Å². The van der Waals surface area contributed by atoms with Crippen LogP contribution in [0.2, 0.25) is 0 Å². The molecule has 1 amide bonds. The van der Waals surface area contributed by atoms with Crippen LogP contribution in [-0.4, -0.2) is 26.6 Å². The fourth-order valence-corrected chi connectivity index (χ4v) is 3.18. The van der Waals surface area contributed by atoms with Crippen molar-refractivity contribution in [3.63, 3.8) is 0 Å². The molecule has 0 heterocycles. The molecule has 0 radical (unpaired) electrons. The molecule has 0 unspecified atom stereocenters. The van der Waals surface area contributed by atoms with Crippen LogP contribution in [-0.2, 0) is 14.6 Å². The lowest BCUT2D eigenvalue weighted by Crippen LogP contribution is -2.31. The molecule has 0 saturated carbocycles. The summed E-state index contributed by atoms with van der Waals surface area (Å²) in [5, 5.41) is 2.57. The van der Waals surface area contributed by atoms with Gasteiger partial charge in [0, 0.05) is 11.0 Å². The summed E-state index contributed by atoms with van der Waals surface area (Å²) < 4.78 is 24.8. The van der Waals surface area contributed by atoms with Gasteiger partial charge < -0.3 is 11.1 Å². The molecule has 0 saturated heterocycles. The lowest BCUT2D eigenvalue weighted by Gasteiger charge is -2.08. The Morgan fingerprint density at radius 2 is 2.11 bits per heavy atom. The molecule has 1 aromatic rings. The Balaban J connectivity index is 2.78. The predicted molar refractivity (Wildman–Crippen MR) is 78.5 cm³/mol. The van der Waals surface area contributed by atoms with Gasteiger partial charge in [-0.3, -0.25) is 4.79 Å². The number of nitrogens with two attached hydrogens (primary N) is 1. The van der Waals surface area contributed by atoms with Gasteiger partial charge in [0.15, 0.2) is 9.84 Å². The van der Waals surface area contributed by atoms with Crippen LogP contribution in [0.3, 0.4) is 0 Å².